The number of ether oxygens (including phenoxy) is 1. The zero-order valence-corrected chi connectivity index (χ0v) is 15.0. The highest BCUT2D eigenvalue weighted by Crippen LogP contribution is 2.17. The molecule has 1 aromatic carbocycles. The van der Waals surface area contributed by atoms with Gasteiger partial charge in [-0.2, -0.15) is 0 Å². The van der Waals surface area contributed by atoms with Crippen LogP contribution in [0, 0.1) is 10.8 Å². The van der Waals surface area contributed by atoms with Crippen molar-refractivity contribution in [1.29, 1.82) is 10.8 Å². The van der Waals surface area contributed by atoms with Gasteiger partial charge in [-0.25, -0.2) is 4.99 Å². The number of anilines is 1. The van der Waals surface area contributed by atoms with Gasteiger partial charge < -0.3 is 25.8 Å². The zero-order chi connectivity index (χ0) is 18.7. The Morgan fingerprint density at radius 3 is 2.65 bits per heavy atom. The number of nitrogens with two attached hydrogens (primary N) is 1. The van der Waals surface area contributed by atoms with Crippen LogP contribution in [0.2, 0.25) is 0 Å². The lowest BCUT2D eigenvalue weighted by Gasteiger charge is -2.37. The molecule has 1 fully saturated rings. The number of aromatic nitrogens is 1. The monoisotopic (exact) mass is 352 g/mol. The molecule has 2 atom stereocenters. The van der Waals surface area contributed by atoms with Crippen molar-refractivity contribution in [3.05, 3.63) is 53.3 Å². The molecule has 2 heterocycles. The Labute approximate surface area is 152 Å². The Morgan fingerprint density at radius 2 is 2.04 bits per heavy atom. The minimum absolute atomic E-state index is 0.0918. The van der Waals surface area contributed by atoms with E-state index in [-0.39, 0.29) is 18.0 Å². The Kier molecular flexibility index (Phi) is 5.18. The van der Waals surface area contributed by atoms with Gasteiger partial charge in [0, 0.05) is 42.3 Å². The van der Waals surface area contributed by atoms with Crippen LogP contribution < -0.4 is 5.73 Å². The molecule has 5 N–H and O–H groups in total. The predicted octanol–water partition coefficient (Wildman–Crippen LogP) is 2.48. The van der Waals surface area contributed by atoms with Crippen LogP contribution in [0.4, 0.5) is 5.69 Å². The van der Waals surface area contributed by atoms with Crippen LogP contribution in [0.3, 0.4) is 0 Å². The van der Waals surface area contributed by atoms with E-state index in [4.69, 9.17) is 21.3 Å². The third kappa shape index (κ3) is 3.83. The average Bonchev–Trinajstić information content (AvgIpc) is 3.13. The molecule has 0 spiro atoms. The Bertz CT molecular complexity index is 817. The molecule has 2 aromatic rings. The van der Waals surface area contributed by atoms with E-state index in [1.165, 1.54) is 6.21 Å². The third-order valence-corrected chi connectivity index (χ3v) is 4.29. The first kappa shape index (κ1) is 17.9. The SMILES string of the molecule is CC1CN(C(=NC(=N)c2ccc(N)c(C=N)c2)c2ccc[nH]2)CC(C)O1. The maximum Gasteiger partial charge on any atom is 0.155 e. The van der Waals surface area contributed by atoms with Crippen LogP contribution in [-0.4, -0.2) is 53.1 Å². The molecule has 1 aliphatic rings. The van der Waals surface area contributed by atoms with E-state index in [2.05, 4.69) is 14.9 Å². The maximum absolute atomic E-state index is 8.45. The van der Waals surface area contributed by atoms with Crippen LogP contribution in [0.1, 0.15) is 30.7 Å². The molecule has 0 aliphatic carbocycles. The largest absolute Gasteiger partial charge is 0.398 e. The Balaban J connectivity index is 1.96. The lowest BCUT2D eigenvalue weighted by Crippen LogP contribution is -2.48. The second-order valence-corrected chi connectivity index (χ2v) is 6.52. The van der Waals surface area contributed by atoms with Gasteiger partial charge in [0.05, 0.1) is 17.9 Å². The van der Waals surface area contributed by atoms with Crippen LogP contribution in [-0.2, 0) is 4.74 Å². The topological polar surface area (TPSA) is 114 Å². The predicted molar refractivity (Wildman–Crippen MR) is 104 cm³/mol. The second kappa shape index (κ2) is 7.53. The molecule has 0 amide bonds. The number of benzene rings is 1. The van der Waals surface area contributed by atoms with Crippen molar-refractivity contribution >= 4 is 23.6 Å². The summed E-state index contributed by atoms with van der Waals surface area (Å²) in [6.07, 6.45) is 3.22. The molecule has 1 aliphatic heterocycles. The molecular formula is C19H24N6O. The number of hydrogen-bond donors (Lipinski definition) is 4. The van der Waals surface area contributed by atoms with Crippen molar-refractivity contribution in [2.75, 3.05) is 18.8 Å². The smallest absolute Gasteiger partial charge is 0.155 e. The van der Waals surface area contributed by atoms with Gasteiger partial charge in [-0.15, -0.1) is 0 Å². The van der Waals surface area contributed by atoms with Gasteiger partial charge in [0.15, 0.2) is 11.7 Å². The van der Waals surface area contributed by atoms with E-state index in [1.54, 1.807) is 18.2 Å². The van der Waals surface area contributed by atoms with Gasteiger partial charge in [-0.3, -0.25) is 5.41 Å². The van der Waals surface area contributed by atoms with E-state index in [9.17, 15) is 0 Å². The lowest BCUT2D eigenvalue weighted by atomic mass is 10.1. The molecule has 26 heavy (non-hydrogen) atoms. The molecule has 0 bridgehead atoms. The van der Waals surface area contributed by atoms with E-state index in [1.807, 2.05) is 32.2 Å². The summed E-state index contributed by atoms with van der Waals surface area (Å²) in [6, 6.07) is 9.03. The van der Waals surface area contributed by atoms with Crippen molar-refractivity contribution in [2.24, 2.45) is 4.99 Å². The van der Waals surface area contributed by atoms with Crippen molar-refractivity contribution in [3.8, 4) is 0 Å². The van der Waals surface area contributed by atoms with Crippen molar-refractivity contribution in [2.45, 2.75) is 26.1 Å². The number of amidine groups is 2. The summed E-state index contributed by atoms with van der Waals surface area (Å²) >= 11 is 0. The Morgan fingerprint density at radius 1 is 1.31 bits per heavy atom. The van der Waals surface area contributed by atoms with Crippen LogP contribution in [0.25, 0.3) is 0 Å². The first-order valence-corrected chi connectivity index (χ1v) is 8.59. The number of rotatable bonds is 3. The van der Waals surface area contributed by atoms with Crippen molar-refractivity contribution < 1.29 is 4.74 Å². The number of morpholine rings is 1. The number of hydrogen-bond acceptors (Lipinski definition) is 4. The lowest BCUT2D eigenvalue weighted by molar-refractivity contribution is -0.0478. The van der Waals surface area contributed by atoms with Gasteiger partial charge in [0.2, 0.25) is 0 Å². The number of aromatic amines is 1. The molecule has 2 unspecified atom stereocenters. The summed E-state index contributed by atoms with van der Waals surface area (Å²) in [7, 11) is 0. The summed E-state index contributed by atoms with van der Waals surface area (Å²) in [5.41, 5.74) is 8.42. The van der Waals surface area contributed by atoms with E-state index in [0.717, 1.165) is 11.5 Å². The van der Waals surface area contributed by atoms with Crippen LogP contribution >= 0.6 is 0 Å². The highest BCUT2D eigenvalue weighted by atomic mass is 16.5. The van der Waals surface area contributed by atoms with Crippen molar-refractivity contribution in [1.82, 2.24) is 9.88 Å². The third-order valence-electron chi connectivity index (χ3n) is 4.29. The number of nitrogen functional groups attached to an aromatic ring is 1. The van der Waals surface area contributed by atoms with Gasteiger partial charge in [-0.1, -0.05) is 0 Å². The second-order valence-electron chi connectivity index (χ2n) is 6.52. The summed E-state index contributed by atoms with van der Waals surface area (Å²) in [6.45, 7) is 5.50. The molecule has 1 saturated heterocycles. The van der Waals surface area contributed by atoms with E-state index < -0.39 is 0 Å². The minimum atomic E-state index is 0.0918. The molecule has 0 radical (unpaired) electrons. The molecule has 3 rings (SSSR count). The molecule has 0 saturated carbocycles. The average molecular weight is 352 g/mol. The summed E-state index contributed by atoms with van der Waals surface area (Å²) in [5, 5.41) is 15.9. The van der Waals surface area contributed by atoms with E-state index >= 15 is 0 Å². The van der Waals surface area contributed by atoms with Crippen LogP contribution in [0.15, 0.2) is 41.5 Å². The highest BCUT2D eigenvalue weighted by molar-refractivity contribution is 6.10. The molecular weight excluding hydrogens is 328 g/mol. The number of aliphatic imine (C=N–C) groups is 1. The number of nitrogens with zero attached hydrogens (tertiary/aromatic N) is 2. The van der Waals surface area contributed by atoms with Gasteiger partial charge in [0.25, 0.3) is 0 Å². The van der Waals surface area contributed by atoms with E-state index in [0.29, 0.717) is 29.9 Å². The fourth-order valence-corrected chi connectivity index (χ4v) is 3.14. The van der Waals surface area contributed by atoms with Gasteiger partial charge >= 0.3 is 0 Å². The normalized spacial score (nSPS) is 20.8. The quantitative estimate of drug-likeness (QED) is 0.386. The fraction of sp³-hybridized carbons (Fsp3) is 0.316. The Hall–Kier alpha value is -2.93. The summed E-state index contributed by atoms with van der Waals surface area (Å²) < 4.78 is 5.82. The maximum atomic E-state index is 8.45. The fourth-order valence-electron chi connectivity index (χ4n) is 3.14. The number of nitrogens with one attached hydrogen (secondary N) is 3. The summed E-state index contributed by atoms with van der Waals surface area (Å²) in [4.78, 5) is 9.94. The molecule has 1 aromatic heterocycles. The first-order valence-electron chi connectivity index (χ1n) is 8.59. The molecule has 7 nitrogen and oxygen atoms in total. The molecule has 136 valence electrons. The zero-order valence-electron chi connectivity index (χ0n) is 15.0. The van der Waals surface area contributed by atoms with Crippen LogP contribution in [0.5, 0.6) is 0 Å². The summed E-state index contributed by atoms with van der Waals surface area (Å²) in [5.74, 6) is 0.847. The molecule has 7 heteroatoms. The van der Waals surface area contributed by atoms with Crippen molar-refractivity contribution in [3.63, 3.8) is 0 Å². The first-order chi connectivity index (χ1) is 12.5. The number of H-pyrrole nitrogens is 1. The highest BCUT2D eigenvalue weighted by Gasteiger charge is 2.26. The minimum Gasteiger partial charge on any atom is -0.398 e. The standard InChI is InChI=1S/C19H24N6O/c1-12-10-25(11-13(2)26-12)19(17-4-3-7-23-17)24-18(22)14-5-6-16(21)15(8-14)9-20/h3-9,12-13,20,22-23H,10-11,21H2,1-2H3. The van der Waals surface area contributed by atoms with Gasteiger partial charge in [0.1, 0.15) is 0 Å². The van der Waals surface area contributed by atoms with Gasteiger partial charge in [-0.05, 0) is 44.2 Å².